The molecule has 0 radical (unpaired) electrons. The van der Waals surface area contributed by atoms with Gasteiger partial charge in [0.2, 0.25) is 0 Å². The fourth-order valence-electron chi connectivity index (χ4n) is 1.28. The second kappa shape index (κ2) is 4.13. The molecular weight excluding hydrogens is 190 g/mol. The highest BCUT2D eigenvalue weighted by molar-refractivity contribution is 5.94. The number of amides is 1. The largest absolute Gasteiger partial charge is 0.390 e. The van der Waals surface area contributed by atoms with Gasteiger partial charge >= 0.3 is 0 Å². The Bertz CT molecular complexity index is 379. The highest BCUT2D eigenvalue weighted by Gasteiger charge is 2.23. The first kappa shape index (κ1) is 9.71. The maximum Gasteiger partial charge on any atom is 0.251 e. The lowest BCUT2D eigenvalue weighted by Gasteiger charge is -2.02. The maximum absolute atomic E-state index is 11.6. The number of rotatable bonds is 3. The predicted octanol–water partition coefficient (Wildman–Crippen LogP) is 1.20. The van der Waals surface area contributed by atoms with Crippen molar-refractivity contribution in [3.05, 3.63) is 29.8 Å². The summed E-state index contributed by atoms with van der Waals surface area (Å²) in [5, 5.41) is 2.92. The second-order valence-corrected chi connectivity index (χ2v) is 3.57. The van der Waals surface area contributed by atoms with Crippen LogP contribution in [0.3, 0.4) is 0 Å². The number of hydrogen-bond donors (Lipinski definition) is 2. The Morgan fingerprint density at radius 1 is 1.40 bits per heavy atom. The van der Waals surface area contributed by atoms with E-state index in [2.05, 4.69) is 10.3 Å². The standard InChI is InChI=1S/C11H13N3O/c12-7-13-9-3-1-8(2-4-9)11(15)14-10-5-6-10/h1-4,7,10H,5-6H2,(H2,12,13)(H,14,15). The number of carbonyl (C=O) groups is 1. The van der Waals surface area contributed by atoms with Crippen molar-refractivity contribution in [1.29, 1.82) is 0 Å². The van der Waals surface area contributed by atoms with Crippen molar-refractivity contribution >= 4 is 17.9 Å². The van der Waals surface area contributed by atoms with Crippen LogP contribution in [0.4, 0.5) is 5.69 Å². The van der Waals surface area contributed by atoms with Crippen molar-refractivity contribution in [3.8, 4) is 0 Å². The molecule has 0 aliphatic heterocycles. The lowest BCUT2D eigenvalue weighted by atomic mass is 10.2. The molecule has 0 saturated heterocycles. The summed E-state index contributed by atoms with van der Waals surface area (Å²) < 4.78 is 0. The molecule has 1 amide bonds. The van der Waals surface area contributed by atoms with E-state index in [-0.39, 0.29) is 5.91 Å². The van der Waals surface area contributed by atoms with Gasteiger partial charge in [-0.15, -0.1) is 0 Å². The Labute approximate surface area is 88.2 Å². The SMILES string of the molecule is NC=Nc1ccc(C(=O)NC2CC2)cc1. The Hall–Kier alpha value is -1.84. The van der Waals surface area contributed by atoms with Crippen LogP contribution in [-0.4, -0.2) is 18.3 Å². The van der Waals surface area contributed by atoms with Crippen molar-refractivity contribution in [2.45, 2.75) is 18.9 Å². The summed E-state index contributed by atoms with van der Waals surface area (Å²) in [7, 11) is 0. The molecule has 1 aromatic rings. The average molecular weight is 203 g/mol. The van der Waals surface area contributed by atoms with Gasteiger partial charge < -0.3 is 11.1 Å². The van der Waals surface area contributed by atoms with E-state index in [0.717, 1.165) is 18.5 Å². The lowest BCUT2D eigenvalue weighted by Crippen LogP contribution is -2.25. The molecule has 15 heavy (non-hydrogen) atoms. The fraction of sp³-hybridized carbons (Fsp3) is 0.273. The zero-order valence-corrected chi connectivity index (χ0v) is 8.31. The quantitative estimate of drug-likeness (QED) is 0.572. The molecule has 0 atom stereocenters. The molecule has 1 fully saturated rings. The molecule has 1 saturated carbocycles. The van der Waals surface area contributed by atoms with Gasteiger partial charge in [-0.3, -0.25) is 4.79 Å². The molecule has 4 heteroatoms. The van der Waals surface area contributed by atoms with Gasteiger partial charge in [0.15, 0.2) is 0 Å². The van der Waals surface area contributed by atoms with Gasteiger partial charge in [-0.25, -0.2) is 4.99 Å². The summed E-state index contributed by atoms with van der Waals surface area (Å²) in [6.07, 6.45) is 3.43. The van der Waals surface area contributed by atoms with E-state index in [4.69, 9.17) is 5.73 Å². The van der Waals surface area contributed by atoms with Gasteiger partial charge in [0.1, 0.15) is 0 Å². The third-order valence-electron chi connectivity index (χ3n) is 2.27. The van der Waals surface area contributed by atoms with E-state index in [1.165, 1.54) is 6.34 Å². The Balaban J connectivity index is 2.04. The second-order valence-electron chi connectivity index (χ2n) is 3.57. The third kappa shape index (κ3) is 2.56. The van der Waals surface area contributed by atoms with Crippen molar-refractivity contribution in [2.24, 2.45) is 10.7 Å². The van der Waals surface area contributed by atoms with Gasteiger partial charge in [0, 0.05) is 11.6 Å². The molecule has 2 rings (SSSR count). The molecule has 0 spiro atoms. The molecule has 3 N–H and O–H groups in total. The number of benzene rings is 1. The van der Waals surface area contributed by atoms with Crippen LogP contribution in [0.15, 0.2) is 29.3 Å². The van der Waals surface area contributed by atoms with Crippen LogP contribution in [0.25, 0.3) is 0 Å². The van der Waals surface area contributed by atoms with Gasteiger partial charge in [-0.2, -0.15) is 0 Å². The molecule has 4 nitrogen and oxygen atoms in total. The van der Waals surface area contributed by atoms with Crippen molar-refractivity contribution in [1.82, 2.24) is 5.32 Å². The van der Waals surface area contributed by atoms with E-state index < -0.39 is 0 Å². The number of nitrogens with one attached hydrogen (secondary N) is 1. The van der Waals surface area contributed by atoms with Crippen molar-refractivity contribution < 1.29 is 4.79 Å². The zero-order chi connectivity index (χ0) is 10.7. The first-order valence-electron chi connectivity index (χ1n) is 4.95. The maximum atomic E-state index is 11.6. The van der Waals surface area contributed by atoms with Crippen LogP contribution in [0.5, 0.6) is 0 Å². The lowest BCUT2D eigenvalue weighted by molar-refractivity contribution is 0.0951. The Kier molecular flexibility index (Phi) is 2.67. The van der Waals surface area contributed by atoms with Crippen LogP contribution in [-0.2, 0) is 0 Å². The van der Waals surface area contributed by atoms with Crippen LogP contribution in [0, 0.1) is 0 Å². The molecule has 1 aliphatic rings. The molecule has 0 bridgehead atoms. The zero-order valence-electron chi connectivity index (χ0n) is 8.31. The first-order valence-corrected chi connectivity index (χ1v) is 4.95. The van der Waals surface area contributed by atoms with Crippen LogP contribution >= 0.6 is 0 Å². The van der Waals surface area contributed by atoms with Crippen LogP contribution in [0.1, 0.15) is 23.2 Å². The first-order chi connectivity index (χ1) is 7.29. The number of carbonyl (C=O) groups excluding carboxylic acids is 1. The minimum atomic E-state index is -0.0132. The van der Waals surface area contributed by atoms with Gasteiger partial charge in [-0.05, 0) is 37.1 Å². The normalized spacial score (nSPS) is 15.5. The summed E-state index contributed by atoms with van der Waals surface area (Å²) in [5.41, 5.74) is 6.58. The van der Waals surface area contributed by atoms with Crippen LogP contribution in [0.2, 0.25) is 0 Å². The number of hydrogen-bond acceptors (Lipinski definition) is 2. The molecule has 1 aliphatic carbocycles. The van der Waals surface area contributed by atoms with E-state index in [1.807, 2.05) is 0 Å². The highest BCUT2D eigenvalue weighted by Crippen LogP contribution is 2.19. The van der Waals surface area contributed by atoms with Gasteiger partial charge in [0.05, 0.1) is 12.0 Å². The molecule has 0 aromatic heterocycles. The number of nitrogens with zero attached hydrogens (tertiary/aromatic N) is 1. The molecular formula is C11H13N3O. The summed E-state index contributed by atoms with van der Waals surface area (Å²) >= 11 is 0. The van der Waals surface area contributed by atoms with E-state index in [0.29, 0.717) is 11.6 Å². The van der Waals surface area contributed by atoms with Crippen molar-refractivity contribution in [2.75, 3.05) is 0 Å². The monoisotopic (exact) mass is 203 g/mol. The summed E-state index contributed by atoms with van der Waals surface area (Å²) in [5.74, 6) is -0.0132. The number of nitrogens with two attached hydrogens (primary N) is 1. The molecule has 78 valence electrons. The Morgan fingerprint density at radius 2 is 2.07 bits per heavy atom. The van der Waals surface area contributed by atoms with Crippen molar-refractivity contribution in [3.63, 3.8) is 0 Å². The Morgan fingerprint density at radius 3 is 2.60 bits per heavy atom. The van der Waals surface area contributed by atoms with E-state index in [1.54, 1.807) is 24.3 Å². The summed E-state index contributed by atoms with van der Waals surface area (Å²) in [4.78, 5) is 15.5. The van der Waals surface area contributed by atoms with Gasteiger partial charge in [0.25, 0.3) is 5.91 Å². The average Bonchev–Trinajstić information content (AvgIpc) is 3.03. The van der Waals surface area contributed by atoms with Crippen LogP contribution < -0.4 is 11.1 Å². The molecule has 0 unspecified atom stereocenters. The van der Waals surface area contributed by atoms with E-state index >= 15 is 0 Å². The highest BCUT2D eigenvalue weighted by atomic mass is 16.1. The van der Waals surface area contributed by atoms with Gasteiger partial charge in [-0.1, -0.05) is 0 Å². The summed E-state index contributed by atoms with van der Waals surface area (Å²) in [6, 6.07) is 7.43. The molecule has 0 heterocycles. The smallest absolute Gasteiger partial charge is 0.251 e. The topological polar surface area (TPSA) is 67.5 Å². The molecule has 1 aromatic carbocycles. The van der Waals surface area contributed by atoms with E-state index in [9.17, 15) is 4.79 Å². The summed E-state index contributed by atoms with van der Waals surface area (Å²) in [6.45, 7) is 0. The fourth-order valence-corrected chi connectivity index (χ4v) is 1.28. The minimum Gasteiger partial charge on any atom is -0.390 e. The predicted molar refractivity (Wildman–Crippen MR) is 59.3 cm³/mol. The minimum absolute atomic E-state index is 0.0132. The third-order valence-corrected chi connectivity index (χ3v) is 2.27. The number of aliphatic imine (C=N–C) groups is 1.